The van der Waals surface area contributed by atoms with Crippen LogP contribution in [0.5, 0.6) is 0 Å². The molecule has 2 aliphatic rings. The van der Waals surface area contributed by atoms with Crippen LogP contribution >= 0.6 is 11.8 Å². The molecular weight excluding hydrogens is 464 g/mol. The van der Waals surface area contributed by atoms with E-state index >= 15 is 0 Å². The maximum atomic E-state index is 13.0. The second kappa shape index (κ2) is 9.20. The molecular formula is C22H30N2O7SSi. The number of rotatable bonds is 8. The van der Waals surface area contributed by atoms with Gasteiger partial charge < -0.3 is 14.3 Å². The molecule has 0 aliphatic carbocycles. The van der Waals surface area contributed by atoms with Crippen molar-refractivity contribution >= 4 is 37.6 Å². The monoisotopic (exact) mass is 494 g/mol. The summed E-state index contributed by atoms with van der Waals surface area (Å²) in [6.45, 7) is 12.1. The predicted octanol–water partition coefficient (Wildman–Crippen LogP) is 3.78. The van der Waals surface area contributed by atoms with Crippen molar-refractivity contribution in [1.29, 1.82) is 0 Å². The molecule has 1 aromatic carbocycles. The molecule has 0 radical (unpaired) electrons. The first-order chi connectivity index (χ1) is 15.3. The molecule has 11 heteroatoms. The lowest BCUT2D eigenvalue weighted by Crippen LogP contribution is -2.62. The van der Waals surface area contributed by atoms with Gasteiger partial charge in [0.25, 0.3) is 5.69 Å². The highest BCUT2D eigenvalue weighted by Gasteiger charge is 2.59. The quantitative estimate of drug-likeness (QED) is 0.191. The second-order valence-corrected chi connectivity index (χ2v) is 15.7. The van der Waals surface area contributed by atoms with Crippen molar-refractivity contribution in [2.24, 2.45) is 5.92 Å². The topological polar surface area (TPSA) is 119 Å². The third kappa shape index (κ3) is 4.86. The van der Waals surface area contributed by atoms with E-state index in [0.29, 0.717) is 10.5 Å². The molecule has 0 aromatic heterocycles. The molecule has 2 heterocycles. The van der Waals surface area contributed by atoms with Crippen LogP contribution in [0.1, 0.15) is 33.3 Å². The molecule has 0 unspecified atom stereocenters. The zero-order valence-electron chi connectivity index (χ0n) is 19.7. The lowest BCUT2D eigenvalue weighted by atomic mass is 9.92. The third-order valence-electron chi connectivity index (χ3n) is 6.50. The smallest absolute Gasteiger partial charge is 0.356 e. The molecule has 3 atom stereocenters. The second-order valence-electron chi connectivity index (χ2n) is 9.76. The van der Waals surface area contributed by atoms with Gasteiger partial charge in [0.2, 0.25) is 5.91 Å². The summed E-state index contributed by atoms with van der Waals surface area (Å²) in [5.41, 5.74) is 0.582. The standard InChI is InChI=1S/C22H30N2O7SSi/c1-13(31-33(5,6)22(2,3)4)17-19(26)23-18(16(11-25)32-20(17)23)21(27)30-12-14-7-9-15(10-8-14)24(28)29/h7-10,13,17,20,25H,11-12H2,1-6H3/t13-,17+,20-/m1/s1. The summed E-state index contributed by atoms with van der Waals surface area (Å²) in [7, 11) is -2.09. The molecule has 33 heavy (non-hydrogen) atoms. The van der Waals surface area contributed by atoms with E-state index in [0.717, 1.165) is 0 Å². The number of hydrogen-bond acceptors (Lipinski definition) is 8. The molecule has 1 aromatic rings. The first kappa shape index (κ1) is 25.4. The maximum Gasteiger partial charge on any atom is 0.356 e. The van der Waals surface area contributed by atoms with Crippen molar-refractivity contribution in [3.63, 3.8) is 0 Å². The number of benzene rings is 1. The van der Waals surface area contributed by atoms with Gasteiger partial charge >= 0.3 is 5.97 Å². The van der Waals surface area contributed by atoms with Gasteiger partial charge in [-0.1, -0.05) is 32.5 Å². The van der Waals surface area contributed by atoms with E-state index in [1.807, 2.05) is 6.92 Å². The van der Waals surface area contributed by atoms with Crippen molar-refractivity contribution in [1.82, 2.24) is 4.90 Å². The lowest BCUT2D eigenvalue weighted by Gasteiger charge is -2.48. The largest absolute Gasteiger partial charge is 0.456 e. The Kier molecular flexibility index (Phi) is 7.09. The van der Waals surface area contributed by atoms with Crippen LogP contribution in [0, 0.1) is 16.0 Å². The lowest BCUT2D eigenvalue weighted by molar-refractivity contribution is -0.384. The Morgan fingerprint density at radius 3 is 2.42 bits per heavy atom. The van der Waals surface area contributed by atoms with Crippen LogP contribution in [0.2, 0.25) is 18.1 Å². The normalized spacial score (nSPS) is 21.5. The molecule has 0 spiro atoms. The zero-order chi connectivity index (χ0) is 24.7. The summed E-state index contributed by atoms with van der Waals surface area (Å²) < 4.78 is 11.8. The number of hydrogen-bond donors (Lipinski definition) is 1. The van der Waals surface area contributed by atoms with Gasteiger partial charge in [0.05, 0.1) is 23.6 Å². The van der Waals surface area contributed by atoms with Gasteiger partial charge in [-0.2, -0.15) is 0 Å². The number of aliphatic hydroxyl groups is 1. The first-order valence-electron chi connectivity index (χ1n) is 10.7. The Bertz CT molecular complexity index is 987. The number of fused-ring (bicyclic) bond motifs is 1. The number of nitrogens with zero attached hydrogens (tertiary/aromatic N) is 2. The number of aliphatic hydroxyl groups excluding tert-OH is 1. The Morgan fingerprint density at radius 2 is 1.91 bits per heavy atom. The molecule has 1 saturated heterocycles. The SMILES string of the molecule is C[C@@H](O[Si](C)(C)C(C)(C)C)[C@H]1C(=O)N2C(C(=O)OCc3ccc([N+](=O)[O-])cc3)=C(CO)S[C@H]12. The van der Waals surface area contributed by atoms with Crippen LogP contribution in [0.15, 0.2) is 34.9 Å². The van der Waals surface area contributed by atoms with E-state index in [2.05, 4.69) is 33.9 Å². The van der Waals surface area contributed by atoms with Crippen molar-refractivity contribution in [3.05, 3.63) is 50.5 Å². The van der Waals surface area contributed by atoms with E-state index in [1.54, 1.807) is 0 Å². The predicted molar refractivity (Wildman–Crippen MR) is 126 cm³/mol. The van der Waals surface area contributed by atoms with Crippen molar-refractivity contribution in [3.8, 4) is 0 Å². The van der Waals surface area contributed by atoms with E-state index in [4.69, 9.17) is 9.16 Å². The maximum absolute atomic E-state index is 13.0. The van der Waals surface area contributed by atoms with Crippen molar-refractivity contribution in [2.45, 2.75) is 63.9 Å². The van der Waals surface area contributed by atoms with Crippen LogP contribution in [-0.2, 0) is 25.4 Å². The van der Waals surface area contributed by atoms with E-state index in [9.17, 15) is 24.8 Å². The minimum Gasteiger partial charge on any atom is -0.456 e. The average Bonchev–Trinajstić information content (AvgIpc) is 3.05. The van der Waals surface area contributed by atoms with Gasteiger partial charge in [-0.3, -0.25) is 19.8 Å². The summed E-state index contributed by atoms with van der Waals surface area (Å²) in [4.78, 5) is 37.9. The Hall–Kier alpha value is -2.21. The van der Waals surface area contributed by atoms with Crippen LogP contribution in [0.25, 0.3) is 0 Å². The summed E-state index contributed by atoms with van der Waals surface area (Å²) >= 11 is 1.29. The number of thioether (sulfide) groups is 1. The molecule has 0 bridgehead atoms. The summed E-state index contributed by atoms with van der Waals surface area (Å²) in [6.07, 6.45) is -0.317. The minimum atomic E-state index is -2.09. The molecule has 9 nitrogen and oxygen atoms in total. The number of carbonyl (C=O) groups is 2. The fourth-order valence-corrected chi connectivity index (χ4v) is 6.48. The van der Waals surface area contributed by atoms with E-state index < -0.39 is 25.1 Å². The van der Waals surface area contributed by atoms with Crippen LogP contribution in [0.3, 0.4) is 0 Å². The molecule has 180 valence electrons. The van der Waals surface area contributed by atoms with Gasteiger partial charge in [0.15, 0.2) is 8.32 Å². The zero-order valence-corrected chi connectivity index (χ0v) is 21.5. The number of carbonyl (C=O) groups excluding carboxylic acids is 2. The molecule has 2 aliphatic heterocycles. The third-order valence-corrected chi connectivity index (χ3v) is 12.4. The van der Waals surface area contributed by atoms with E-state index in [-0.39, 0.29) is 47.0 Å². The van der Waals surface area contributed by atoms with Crippen molar-refractivity contribution < 1.29 is 28.8 Å². The van der Waals surface area contributed by atoms with Gasteiger partial charge in [-0.15, -0.1) is 0 Å². The number of nitro benzene ring substituents is 1. The molecule has 3 rings (SSSR count). The first-order valence-corrected chi connectivity index (χ1v) is 14.5. The molecule has 0 saturated carbocycles. The molecule has 1 amide bonds. The Labute approximate surface area is 198 Å². The Morgan fingerprint density at radius 1 is 1.30 bits per heavy atom. The van der Waals surface area contributed by atoms with Crippen molar-refractivity contribution in [2.75, 3.05) is 6.61 Å². The number of esters is 1. The fraction of sp³-hybridized carbons (Fsp3) is 0.545. The molecule has 1 fully saturated rings. The minimum absolute atomic E-state index is 0.00208. The fourth-order valence-electron chi connectivity index (χ4n) is 3.59. The number of non-ortho nitro benzene ring substituents is 1. The van der Waals surface area contributed by atoms with Crippen LogP contribution < -0.4 is 0 Å². The summed E-state index contributed by atoms with van der Waals surface area (Å²) in [5, 5.41) is 20.3. The van der Waals surface area contributed by atoms with Gasteiger partial charge in [0, 0.05) is 17.0 Å². The van der Waals surface area contributed by atoms with Gasteiger partial charge in [-0.05, 0) is 42.8 Å². The summed E-state index contributed by atoms with van der Waals surface area (Å²) in [5.74, 6) is -1.34. The highest BCUT2D eigenvalue weighted by molar-refractivity contribution is 8.04. The average molecular weight is 495 g/mol. The van der Waals surface area contributed by atoms with E-state index in [1.165, 1.54) is 40.9 Å². The number of amides is 1. The van der Waals surface area contributed by atoms with Crippen LogP contribution in [-0.4, -0.2) is 53.2 Å². The van der Waals surface area contributed by atoms with Gasteiger partial charge in [-0.25, -0.2) is 4.79 Å². The molecule has 1 N–H and O–H groups in total. The highest BCUT2D eigenvalue weighted by atomic mass is 32.2. The number of nitro groups is 1. The number of ether oxygens (including phenoxy) is 1. The summed E-state index contributed by atoms with van der Waals surface area (Å²) in [6, 6.07) is 5.67. The van der Waals surface area contributed by atoms with Gasteiger partial charge in [0.1, 0.15) is 17.7 Å². The number of β-lactam (4-membered cyclic amide) rings is 1. The highest BCUT2D eigenvalue weighted by Crippen LogP contribution is 2.51. The Balaban J connectivity index is 1.68. The van der Waals surface area contributed by atoms with Crippen LogP contribution in [0.4, 0.5) is 5.69 Å².